The Morgan fingerprint density at radius 2 is 1.79 bits per heavy atom. The molecule has 7 nitrogen and oxygen atoms in total. The number of carbonyl (C=O) groups is 1. The third kappa shape index (κ3) is 7.66. The summed E-state index contributed by atoms with van der Waals surface area (Å²) in [5.74, 6) is -1.90. The van der Waals surface area contributed by atoms with Gasteiger partial charge in [0.05, 0.1) is 6.26 Å². The SMILES string of the molecule is COCCCN(Cc1ccc(OS(C)(=O)=O)cc1)C(=O)Nc1ccc(F)c(F)c1. The summed E-state index contributed by atoms with van der Waals surface area (Å²) < 4.78 is 58.6. The number of hydrogen-bond acceptors (Lipinski definition) is 5. The van der Waals surface area contributed by atoms with E-state index in [2.05, 4.69) is 5.32 Å². The fourth-order valence-electron chi connectivity index (χ4n) is 2.47. The van der Waals surface area contributed by atoms with Crippen LogP contribution in [0.5, 0.6) is 5.75 Å². The molecule has 10 heteroatoms. The van der Waals surface area contributed by atoms with Gasteiger partial charge in [0, 0.05) is 38.6 Å². The van der Waals surface area contributed by atoms with E-state index in [-0.39, 0.29) is 18.0 Å². The molecule has 0 unspecified atom stereocenters. The van der Waals surface area contributed by atoms with Gasteiger partial charge in [-0.1, -0.05) is 12.1 Å². The predicted octanol–water partition coefficient (Wildman–Crippen LogP) is 3.37. The molecule has 0 fully saturated rings. The van der Waals surface area contributed by atoms with Crippen LogP contribution in [0.2, 0.25) is 0 Å². The minimum Gasteiger partial charge on any atom is -0.385 e. The van der Waals surface area contributed by atoms with E-state index in [9.17, 15) is 22.0 Å². The topological polar surface area (TPSA) is 84.9 Å². The van der Waals surface area contributed by atoms with Crippen LogP contribution in [-0.4, -0.2) is 45.9 Å². The second-order valence-corrected chi connectivity index (χ2v) is 7.83. The van der Waals surface area contributed by atoms with Gasteiger partial charge in [-0.05, 0) is 36.2 Å². The highest BCUT2D eigenvalue weighted by Crippen LogP contribution is 2.17. The van der Waals surface area contributed by atoms with E-state index in [1.54, 1.807) is 19.2 Å². The van der Waals surface area contributed by atoms with Crippen LogP contribution in [0.1, 0.15) is 12.0 Å². The summed E-state index contributed by atoms with van der Waals surface area (Å²) >= 11 is 0. The maximum Gasteiger partial charge on any atom is 0.322 e. The molecule has 2 aromatic rings. The van der Waals surface area contributed by atoms with Crippen molar-refractivity contribution in [3.05, 3.63) is 59.7 Å². The average Bonchev–Trinajstić information content (AvgIpc) is 2.64. The van der Waals surface area contributed by atoms with Crippen molar-refractivity contribution in [2.24, 2.45) is 0 Å². The fourth-order valence-corrected chi connectivity index (χ4v) is 2.93. The van der Waals surface area contributed by atoms with E-state index in [0.717, 1.165) is 24.0 Å². The lowest BCUT2D eigenvalue weighted by Gasteiger charge is -2.23. The molecule has 158 valence electrons. The number of urea groups is 1. The minimum atomic E-state index is -3.63. The molecule has 0 saturated carbocycles. The smallest absolute Gasteiger partial charge is 0.322 e. The van der Waals surface area contributed by atoms with Crippen molar-refractivity contribution in [2.45, 2.75) is 13.0 Å². The summed E-state index contributed by atoms with van der Waals surface area (Å²) in [4.78, 5) is 14.1. The minimum absolute atomic E-state index is 0.127. The van der Waals surface area contributed by atoms with Crippen LogP contribution in [0.3, 0.4) is 0 Å². The first-order valence-electron chi connectivity index (χ1n) is 8.66. The van der Waals surface area contributed by atoms with Gasteiger partial charge in [0.2, 0.25) is 0 Å². The number of amides is 2. The Balaban J connectivity index is 2.09. The zero-order valence-corrected chi connectivity index (χ0v) is 16.8. The normalized spacial score (nSPS) is 11.2. The molecule has 0 atom stereocenters. The van der Waals surface area contributed by atoms with E-state index in [1.165, 1.54) is 23.1 Å². The summed E-state index contributed by atoms with van der Waals surface area (Å²) in [7, 11) is -2.08. The van der Waals surface area contributed by atoms with Crippen molar-refractivity contribution in [3.8, 4) is 5.75 Å². The summed E-state index contributed by atoms with van der Waals surface area (Å²) in [5, 5.41) is 2.54. The number of methoxy groups -OCH3 is 1. The van der Waals surface area contributed by atoms with Gasteiger partial charge in [0.25, 0.3) is 0 Å². The molecule has 0 spiro atoms. The van der Waals surface area contributed by atoms with Gasteiger partial charge >= 0.3 is 16.1 Å². The van der Waals surface area contributed by atoms with Crippen molar-refractivity contribution < 1.29 is 30.9 Å². The first-order valence-corrected chi connectivity index (χ1v) is 10.5. The van der Waals surface area contributed by atoms with Gasteiger partial charge in [0.1, 0.15) is 5.75 Å². The van der Waals surface area contributed by atoms with Crippen molar-refractivity contribution in [1.82, 2.24) is 4.90 Å². The molecule has 0 heterocycles. The molecule has 0 aliphatic carbocycles. The number of hydrogen-bond donors (Lipinski definition) is 1. The Bertz CT molecular complexity index is 936. The quantitative estimate of drug-likeness (QED) is 0.489. The zero-order valence-electron chi connectivity index (χ0n) is 16.0. The molecule has 0 radical (unpaired) electrons. The molecule has 2 amide bonds. The zero-order chi connectivity index (χ0) is 21.4. The maximum absolute atomic E-state index is 13.4. The second-order valence-electron chi connectivity index (χ2n) is 6.26. The molecule has 0 aliphatic heterocycles. The lowest BCUT2D eigenvalue weighted by atomic mass is 10.2. The number of carbonyl (C=O) groups excluding carboxylic acids is 1. The molecular weight excluding hydrogens is 406 g/mol. The fraction of sp³-hybridized carbons (Fsp3) is 0.316. The molecule has 2 rings (SSSR count). The summed E-state index contributed by atoms with van der Waals surface area (Å²) in [5.41, 5.74) is 0.853. The van der Waals surface area contributed by atoms with Gasteiger partial charge in [-0.3, -0.25) is 0 Å². The van der Waals surface area contributed by atoms with Crippen LogP contribution in [0, 0.1) is 11.6 Å². The molecule has 0 saturated heterocycles. The summed E-state index contributed by atoms with van der Waals surface area (Å²) in [6, 6.07) is 8.83. The van der Waals surface area contributed by atoms with E-state index in [0.29, 0.717) is 19.6 Å². The Morgan fingerprint density at radius 1 is 1.10 bits per heavy atom. The number of halogens is 2. The van der Waals surface area contributed by atoms with Gasteiger partial charge in [-0.15, -0.1) is 0 Å². The second kappa shape index (κ2) is 10.2. The van der Waals surface area contributed by atoms with Gasteiger partial charge in [0.15, 0.2) is 11.6 Å². The third-order valence-corrected chi connectivity index (χ3v) is 4.27. The molecule has 0 aromatic heterocycles. The first kappa shape index (κ1) is 22.6. The highest BCUT2D eigenvalue weighted by molar-refractivity contribution is 7.86. The predicted molar refractivity (Wildman–Crippen MR) is 104 cm³/mol. The van der Waals surface area contributed by atoms with Crippen LogP contribution < -0.4 is 9.50 Å². The Labute approximate surface area is 168 Å². The maximum atomic E-state index is 13.4. The highest BCUT2D eigenvalue weighted by Gasteiger charge is 2.15. The molecule has 29 heavy (non-hydrogen) atoms. The number of nitrogens with zero attached hydrogens (tertiary/aromatic N) is 1. The molecule has 0 bridgehead atoms. The van der Waals surface area contributed by atoms with E-state index >= 15 is 0 Å². The largest absolute Gasteiger partial charge is 0.385 e. The van der Waals surface area contributed by atoms with E-state index in [4.69, 9.17) is 8.92 Å². The Hall–Kier alpha value is -2.72. The van der Waals surface area contributed by atoms with Crippen molar-refractivity contribution in [3.63, 3.8) is 0 Å². The molecule has 0 aliphatic rings. The number of anilines is 1. The van der Waals surface area contributed by atoms with Crippen LogP contribution in [0.15, 0.2) is 42.5 Å². The Morgan fingerprint density at radius 3 is 2.38 bits per heavy atom. The average molecular weight is 428 g/mol. The van der Waals surface area contributed by atoms with Crippen LogP contribution in [0.25, 0.3) is 0 Å². The lowest BCUT2D eigenvalue weighted by Crippen LogP contribution is -2.35. The van der Waals surface area contributed by atoms with Crippen LogP contribution in [-0.2, 0) is 21.4 Å². The van der Waals surface area contributed by atoms with Crippen molar-refractivity contribution in [1.29, 1.82) is 0 Å². The van der Waals surface area contributed by atoms with Gasteiger partial charge < -0.3 is 19.1 Å². The lowest BCUT2D eigenvalue weighted by molar-refractivity contribution is 0.171. The monoisotopic (exact) mass is 428 g/mol. The van der Waals surface area contributed by atoms with Gasteiger partial charge in [-0.25, -0.2) is 13.6 Å². The number of ether oxygens (including phenoxy) is 1. The van der Waals surface area contributed by atoms with Gasteiger partial charge in [-0.2, -0.15) is 8.42 Å². The standard InChI is InChI=1S/C19H22F2N2O5S/c1-27-11-3-10-23(19(24)22-15-6-9-17(20)18(21)12-15)13-14-4-7-16(8-5-14)28-29(2,25)26/h4-9,12H,3,10-11,13H2,1-2H3,(H,22,24). The molecular formula is C19H22F2N2O5S. The highest BCUT2D eigenvalue weighted by atomic mass is 32.2. The van der Waals surface area contributed by atoms with Crippen molar-refractivity contribution in [2.75, 3.05) is 31.8 Å². The summed E-state index contributed by atoms with van der Waals surface area (Å²) in [6.45, 7) is 0.999. The molecule has 1 N–H and O–H groups in total. The third-order valence-electron chi connectivity index (χ3n) is 3.78. The van der Waals surface area contributed by atoms with Crippen LogP contribution in [0.4, 0.5) is 19.3 Å². The number of nitrogens with one attached hydrogen (secondary N) is 1. The first-order chi connectivity index (χ1) is 13.7. The van der Waals surface area contributed by atoms with Crippen molar-refractivity contribution >= 4 is 21.8 Å². The summed E-state index contributed by atoms with van der Waals surface area (Å²) in [6.07, 6.45) is 1.51. The molecule has 2 aromatic carbocycles. The Kier molecular flexibility index (Phi) is 7.91. The van der Waals surface area contributed by atoms with E-state index < -0.39 is 27.8 Å². The van der Waals surface area contributed by atoms with Crippen LogP contribution >= 0.6 is 0 Å². The number of benzene rings is 2. The number of rotatable bonds is 9. The van der Waals surface area contributed by atoms with E-state index in [1.807, 2.05) is 0 Å².